The largest absolute Gasteiger partial charge is 0.378 e. The Morgan fingerprint density at radius 3 is 2.20 bits per heavy atom. The molecule has 1 heteroatoms. The van der Waals surface area contributed by atoms with Crippen LogP contribution >= 0.6 is 0 Å². The van der Waals surface area contributed by atoms with Crippen molar-refractivity contribution in [3.63, 3.8) is 0 Å². The van der Waals surface area contributed by atoms with Crippen LogP contribution in [0.15, 0.2) is 0 Å². The molecule has 0 spiro atoms. The molecule has 0 aliphatic heterocycles. The predicted molar refractivity (Wildman–Crippen MR) is 45.2 cm³/mol. The monoisotopic (exact) mass is 144 g/mol. The first-order chi connectivity index (χ1) is 4.85. The van der Waals surface area contributed by atoms with Gasteiger partial charge in [0.2, 0.25) is 0 Å². The van der Waals surface area contributed by atoms with Crippen LogP contribution in [0.4, 0.5) is 0 Å². The first-order valence-corrected chi connectivity index (χ1v) is 4.46. The van der Waals surface area contributed by atoms with Gasteiger partial charge in [0.05, 0.1) is 6.10 Å². The predicted octanol–water partition coefficient (Wildman–Crippen LogP) is 2.99. The SMILES string of the molecule is CCCO[C@H](CC)CCC. The Hall–Kier alpha value is -0.0400. The van der Waals surface area contributed by atoms with Crippen molar-refractivity contribution >= 4 is 0 Å². The summed E-state index contributed by atoms with van der Waals surface area (Å²) in [5, 5.41) is 0. The fraction of sp³-hybridized carbons (Fsp3) is 1.00. The van der Waals surface area contributed by atoms with Gasteiger partial charge in [0, 0.05) is 6.61 Å². The van der Waals surface area contributed by atoms with Crippen molar-refractivity contribution in [2.75, 3.05) is 6.61 Å². The standard InChI is InChI=1S/C9H20O/c1-4-7-9(6-3)10-8-5-2/h9H,4-8H2,1-3H3/t9-/m1/s1. The summed E-state index contributed by atoms with van der Waals surface area (Å²) in [5.74, 6) is 0. The second-order valence-electron chi connectivity index (χ2n) is 2.69. The zero-order valence-corrected chi connectivity index (χ0v) is 7.52. The van der Waals surface area contributed by atoms with Gasteiger partial charge in [-0.05, 0) is 19.3 Å². The van der Waals surface area contributed by atoms with Crippen LogP contribution in [0.1, 0.15) is 46.5 Å². The summed E-state index contributed by atoms with van der Waals surface area (Å²) in [6, 6.07) is 0. The molecular formula is C9H20O. The highest BCUT2D eigenvalue weighted by Crippen LogP contribution is 2.05. The van der Waals surface area contributed by atoms with E-state index in [0.29, 0.717) is 6.10 Å². The molecule has 0 fully saturated rings. The van der Waals surface area contributed by atoms with E-state index in [9.17, 15) is 0 Å². The van der Waals surface area contributed by atoms with Crippen LogP contribution in [0.5, 0.6) is 0 Å². The Bertz CT molecular complexity index is 61.7. The minimum Gasteiger partial charge on any atom is -0.378 e. The Labute approximate surface area is 64.8 Å². The highest BCUT2D eigenvalue weighted by Gasteiger charge is 2.02. The average Bonchev–Trinajstić information content (AvgIpc) is 1.98. The van der Waals surface area contributed by atoms with Gasteiger partial charge in [0.1, 0.15) is 0 Å². The van der Waals surface area contributed by atoms with Gasteiger partial charge in [-0.15, -0.1) is 0 Å². The third kappa shape index (κ3) is 4.80. The molecule has 0 aromatic rings. The first kappa shape index (κ1) is 9.96. The fourth-order valence-electron chi connectivity index (χ4n) is 1.01. The topological polar surface area (TPSA) is 9.23 Å². The Morgan fingerprint density at radius 1 is 1.10 bits per heavy atom. The van der Waals surface area contributed by atoms with Gasteiger partial charge < -0.3 is 4.74 Å². The zero-order chi connectivity index (χ0) is 7.82. The van der Waals surface area contributed by atoms with Crippen molar-refractivity contribution in [3.05, 3.63) is 0 Å². The quantitative estimate of drug-likeness (QED) is 0.557. The van der Waals surface area contributed by atoms with Crippen molar-refractivity contribution in [1.82, 2.24) is 0 Å². The summed E-state index contributed by atoms with van der Waals surface area (Å²) < 4.78 is 5.58. The van der Waals surface area contributed by atoms with Crippen LogP contribution in [-0.4, -0.2) is 12.7 Å². The van der Waals surface area contributed by atoms with Gasteiger partial charge in [-0.1, -0.05) is 27.2 Å². The average molecular weight is 144 g/mol. The number of ether oxygens (including phenoxy) is 1. The maximum atomic E-state index is 5.58. The molecule has 0 radical (unpaired) electrons. The summed E-state index contributed by atoms with van der Waals surface area (Å²) in [6.07, 6.45) is 5.28. The molecule has 0 bridgehead atoms. The number of rotatable bonds is 6. The fourth-order valence-corrected chi connectivity index (χ4v) is 1.01. The molecule has 10 heavy (non-hydrogen) atoms. The smallest absolute Gasteiger partial charge is 0.0572 e. The van der Waals surface area contributed by atoms with Crippen LogP contribution in [-0.2, 0) is 4.74 Å². The molecule has 0 unspecified atom stereocenters. The minimum atomic E-state index is 0.518. The zero-order valence-electron chi connectivity index (χ0n) is 7.52. The normalized spacial score (nSPS) is 13.5. The molecule has 0 heterocycles. The molecule has 0 saturated carbocycles. The van der Waals surface area contributed by atoms with Gasteiger partial charge in [-0.2, -0.15) is 0 Å². The maximum absolute atomic E-state index is 5.58. The third-order valence-electron chi connectivity index (χ3n) is 1.62. The molecule has 62 valence electrons. The van der Waals surface area contributed by atoms with Crippen molar-refractivity contribution < 1.29 is 4.74 Å². The molecule has 0 saturated heterocycles. The maximum Gasteiger partial charge on any atom is 0.0572 e. The van der Waals surface area contributed by atoms with Gasteiger partial charge in [0.25, 0.3) is 0 Å². The third-order valence-corrected chi connectivity index (χ3v) is 1.62. The van der Waals surface area contributed by atoms with E-state index in [0.717, 1.165) is 19.4 Å². The summed E-state index contributed by atoms with van der Waals surface area (Å²) in [7, 11) is 0. The van der Waals surface area contributed by atoms with E-state index < -0.39 is 0 Å². The van der Waals surface area contributed by atoms with E-state index in [1.165, 1.54) is 12.8 Å². The van der Waals surface area contributed by atoms with E-state index in [2.05, 4.69) is 20.8 Å². The number of hydrogen-bond acceptors (Lipinski definition) is 1. The Balaban J connectivity index is 3.21. The lowest BCUT2D eigenvalue weighted by Crippen LogP contribution is -2.11. The summed E-state index contributed by atoms with van der Waals surface area (Å²) >= 11 is 0. The number of hydrogen-bond donors (Lipinski definition) is 0. The summed E-state index contributed by atoms with van der Waals surface area (Å²) in [6.45, 7) is 7.48. The molecule has 0 aliphatic carbocycles. The molecule has 0 aromatic carbocycles. The molecule has 0 aliphatic rings. The van der Waals surface area contributed by atoms with Gasteiger partial charge in [0.15, 0.2) is 0 Å². The molecule has 0 N–H and O–H groups in total. The van der Waals surface area contributed by atoms with Crippen molar-refractivity contribution in [3.8, 4) is 0 Å². The Morgan fingerprint density at radius 2 is 1.80 bits per heavy atom. The van der Waals surface area contributed by atoms with E-state index in [1.807, 2.05) is 0 Å². The van der Waals surface area contributed by atoms with Gasteiger partial charge in [-0.25, -0.2) is 0 Å². The molecule has 1 atom stereocenters. The van der Waals surface area contributed by atoms with Crippen LogP contribution < -0.4 is 0 Å². The van der Waals surface area contributed by atoms with E-state index in [-0.39, 0.29) is 0 Å². The minimum absolute atomic E-state index is 0.518. The highest BCUT2D eigenvalue weighted by atomic mass is 16.5. The molecule has 1 nitrogen and oxygen atoms in total. The van der Waals surface area contributed by atoms with Crippen LogP contribution in [0, 0.1) is 0 Å². The van der Waals surface area contributed by atoms with Crippen LogP contribution in [0.3, 0.4) is 0 Å². The molecular weight excluding hydrogens is 124 g/mol. The summed E-state index contributed by atoms with van der Waals surface area (Å²) in [4.78, 5) is 0. The van der Waals surface area contributed by atoms with Gasteiger partial charge in [-0.3, -0.25) is 0 Å². The highest BCUT2D eigenvalue weighted by molar-refractivity contribution is 4.52. The lowest BCUT2D eigenvalue weighted by Gasteiger charge is -2.13. The molecule has 0 aromatic heterocycles. The van der Waals surface area contributed by atoms with Crippen molar-refractivity contribution in [1.29, 1.82) is 0 Å². The van der Waals surface area contributed by atoms with E-state index in [1.54, 1.807) is 0 Å². The van der Waals surface area contributed by atoms with Crippen molar-refractivity contribution in [2.24, 2.45) is 0 Å². The van der Waals surface area contributed by atoms with Gasteiger partial charge >= 0.3 is 0 Å². The lowest BCUT2D eigenvalue weighted by molar-refractivity contribution is 0.0449. The lowest BCUT2D eigenvalue weighted by atomic mass is 10.2. The first-order valence-electron chi connectivity index (χ1n) is 4.46. The molecule has 0 amide bonds. The summed E-state index contributed by atoms with van der Waals surface area (Å²) in [5.41, 5.74) is 0. The second kappa shape index (κ2) is 7.07. The van der Waals surface area contributed by atoms with Crippen molar-refractivity contribution in [2.45, 2.75) is 52.6 Å². The Kier molecular flexibility index (Phi) is 7.04. The van der Waals surface area contributed by atoms with E-state index in [4.69, 9.17) is 4.74 Å². The molecule has 0 rings (SSSR count). The van der Waals surface area contributed by atoms with E-state index >= 15 is 0 Å². The second-order valence-corrected chi connectivity index (χ2v) is 2.69. The van der Waals surface area contributed by atoms with Crippen LogP contribution in [0.2, 0.25) is 0 Å². The van der Waals surface area contributed by atoms with Crippen LogP contribution in [0.25, 0.3) is 0 Å².